The lowest BCUT2D eigenvalue weighted by Gasteiger charge is -2.12. The second-order valence-electron chi connectivity index (χ2n) is 5.21. The average Bonchev–Trinajstić information content (AvgIpc) is 3.03. The van der Waals surface area contributed by atoms with E-state index < -0.39 is 5.91 Å². The van der Waals surface area contributed by atoms with Gasteiger partial charge in [0.05, 0.1) is 18.9 Å². The summed E-state index contributed by atoms with van der Waals surface area (Å²) >= 11 is 0. The van der Waals surface area contributed by atoms with Gasteiger partial charge in [0.1, 0.15) is 11.5 Å². The van der Waals surface area contributed by atoms with Crippen molar-refractivity contribution in [1.82, 2.24) is 19.6 Å². The largest absolute Gasteiger partial charge is 0.494 e. The third-order valence-corrected chi connectivity index (χ3v) is 3.44. The highest BCUT2D eigenvalue weighted by atomic mass is 16.5. The molecule has 1 aromatic carbocycles. The Hall–Kier alpha value is -3.16. The maximum absolute atomic E-state index is 12.5. The van der Waals surface area contributed by atoms with Gasteiger partial charge in [-0.05, 0) is 39.0 Å². The van der Waals surface area contributed by atoms with Crippen LogP contribution in [0.3, 0.4) is 0 Å². The Labute approximate surface area is 144 Å². The summed E-state index contributed by atoms with van der Waals surface area (Å²) in [6, 6.07) is 7.06. The van der Waals surface area contributed by atoms with Gasteiger partial charge in [-0.15, -0.1) is 5.10 Å². The third-order valence-electron chi connectivity index (χ3n) is 3.44. The molecule has 8 heteroatoms. The lowest BCUT2D eigenvalue weighted by Crippen LogP contribution is -2.15. The van der Waals surface area contributed by atoms with Gasteiger partial charge in [0.15, 0.2) is 0 Å². The first-order chi connectivity index (χ1) is 12.1. The van der Waals surface area contributed by atoms with E-state index in [1.54, 1.807) is 30.5 Å². The van der Waals surface area contributed by atoms with Crippen molar-refractivity contribution in [3.63, 3.8) is 0 Å². The van der Waals surface area contributed by atoms with Crippen molar-refractivity contribution >= 4 is 17.4 Å². The predicted molar refractivity (Wildman–Crippen MR) is 92.3 cm³/mol. The molecule has 2 aromatic heterocycles. The number of carbonyl (C=O) groups is 1. The molecule has 0 aliphatic rings. The number of hydrogen-bond acceptors (Lipinski definition) is 6. The van der Waals surface area contributed by atoms with Crippen LogP contribution >= 0.6 is 0 Å². The van der Waals surface area contributed by atoms with Crippen LogP contribution in [-0.2, 0) is 0 Å². The van der Waals surface area contributed by atoms with Crippen molar-refractivity contribution in [1.29, 1.82) is 0 Å². The van der Waals surface area contributed by atoms with Crippen LogP contribution in [-0.4, -0.2) is 38.7 Å². The zero-order valence-electron chi connectivity index (χ0n) is 14.3. The highest BCUT2D eigenvalue weighted by Crippen LogP contribution is 2.29. The Kier molecular flexibility index (Phi) is 4.78. The minimum absolute atomic E-state index is 0.0334. The van der Waals surface area contributed by atoms with Crippen LogP contribution in [0.4, 0.5) is 5.69 Å². The summed E-state index contributed by atoms with van der Waals surface area (Å²) in [5.41, 5.74) is 1.34. The Morgan fingerprint density at radius 2 is 2.00 bits per heavy atom. The quantitative estimate of drug-likeness (QED) is 0.741. The van der Waals surface area contributed by atoms with Gasteiger partial charge in [0.2, 0.25) is 5.82 Å². The number of aryl methyl sites for hydroxylation is 1. The molecule has 0 saturated heterocycles. The first-order valence-electron chi connectivity index (χ1n) is 8.01. The van der Waals surface area contributed by atoms with Gasteiger partial charge in [0.25, 0.3) is 11.7 Å². The summed E-state index contributed by atoms with van der Waals surface area (Å²) in [7, 11) is 0. The van der Waals surface area contributed by atoms with Gasteiger partial charge >= 0.3 is 0 Å². The Morgan fingerprint density at radius 1 is 1.20 bits per heavy atom. The van der Waals surface area contributed by atoms with E-state index in [1.165, 1.54) is 4.52 Å². The molecule has 8 nitrogen and oxygen atoms in total. The molecule has 25 heavy (non-hydrogen) atoms. The first-order valence-corrected chi connectivity index (χ1v) is 8.01. The van der Waals surface area contributed by atoms with Gasteiger partial charge in [-0.25, -0.2) is 9.50 Å². The predicted octanol–water partition coefficient (Wildman–Crippen LogP) is 2.48. The molecule has 0 radical (unpaired) electrons. The molecule has 3 aromatic rings. The fourth-order valence-electron chi connectivity index (χ4n) is 2.33. The summed E-state index contributed by atoms with van der Waals surface area (Å²) < 4.78 is 12.6. The molecule has 1 N–H and O–H groups in total. The van der Waals surface area contributed by atoms with E-state index in [4.69, 9.17) is 9.47 Å². The maximum atomic E-state index is 12.5. The summed E-state index contributed by atoms with van der Waals surface area (Å²) in [5.74, 6) is 1.16. The molecule has 0 bridgehead atoms. The number of amides is 1. The third kappa shape index (κ3) is 3.52. The standard InChI is InChI=1S/C17H19N5O3/c1-4-24-12-6-7-14(25-5-2)13(10-12)19-16(23)15-20-17-18-9-8-11(3)22(17)21-15/h6-10H,4-5H2,1-3H3,(H,19,23). The molecule has 0 unspecified atom stereocenters. The zero-order chi connectivity index (χ0) is 17.8. The summed E-state index contributed by atoms with van der Waals surface area (Å²) in [6.45, 7) is 6.64. The number of ether oxygens (including phenoxy) is 2. The van der Waals surface area contributed by atoms with E-state index >= 15 is 0 Å². The van der Waals surface area contributed by atoms with Crippen molar-refractivity contribution in [2.75, 3.05) is 18.5 Å². The van der Waals surface area contributed by atoms with E-state index in [9.17, 15) is 4.79 Å². The van der Waals surface area contributed by atoms with Crippen LogP contribution in [0.1, 0.15) is 30.2 Å². The lowest BCUT2D eigenvalue weighted by molar-refractivity contribution is 0.101. The zero-order valence-corrected chi connectivity index (χ0v) is 14.3. The highest BCUT2D eigenvalue weighted by Gasteiger charge is 2.17. The molecule has 0 atom stereocenters. The van der Waals surface area contributed by atoms with Gasteiger partial charge in [0, 0.05) is 18.0 Å². The molecule has 2 heterocycles. The summed E-state index contributed by atoms with van der Waals surface area (Å²) in [4.78, 5) is 20.8. The molecular formula is C17H19N5O3. The Balaban J connectivity index is 1.90. The molecule has 1 amide bonds. The van der Waals surface area contributed by atoms with Crippen LogP contribution in [0.25, 0.3) is 5.78 Å². The van der Waals surface area contributed by atoms with Crippen molar-refractivity contribution < 1.29 is 14.3 Å². The smallest absolute Gasteiger partial charge is 0.295 e. The lowest BCUT2D eigenvalue weighted by atomic mass is 10.2. The minimum atomic E-state index is -0.445. The maximum Gasteiger partial charge on any atom is 0.295 e. The number of aromatic nitrogens is 4. The van der Waals surface area contributed by atoms with Gasteiger partial charge < -0.3 is 14.8 Å². The van der Waals surface area contributed by atoms with Crippen LogP contribution < -0.4 is 14.8 Å². The Bertz CT molecular complexity index is 906. The first kappa shape index (κ1) is 16.7. The van der Waals surface area contributed by atoms with E-state index in [0.717, 1.165) is 5.69 Å². The SMILES string of the molecule is CCOc1ccc(OCC)c(NC(=O)c2nc3nccc(C)n3n2)c1. The average molecular weight is 341 g/mol. The van der Waals surface area contributed by atoms with Crippen molar-refractivity contribution in [3.8, 4) is 11.5 Å². The normalized spacial score (nSPS) is 10.7. The number of anilines is 1. The summed E-state index contributed by atoms with van der Waals surface area (Å²) in [5, 5.41) is 6.98. The number of carbonyl (C=O) groups excluding carboxylic acids is 1. The molecule has 0 fully saturated rings. The van der Waals surface area contributed by atoms with Crippen molar-refractivity contribution in [2.24, 2.45) is 0 Å². The van der Waals surface area contributed by atoms with Gasteiger partial charge in [-0.2, -0.15) is 4.98 Å². The van der Waals surface area contributed by atoms with E-state index in [1.807, 2.05) is 20.8 Å². The second kappa shape index (κ2) is 7.16. The fourth-order valence-corrected chi connectivity index (χ4v) is 2.33. The van der Waals surface area contributed by atoms with Gasteiger partial charge in [-0.3, -0.25) is 4.79 Å². The second-order valence-corrected chi connectivity index (χ2v) is 5.21. The molecular weight excluding hydrogens is 322 g/mol. The number of hydrogen-bond donors (Lipinski definition) is 1. The Morgan fingerprint density at radius 3 is 2.72 bits per heavy atom. The number of fused-ring (bicyclic) bond motifs is 1. The molecule has 0 spiro atoms. The van der Waals surface area contributed by atoms with Crippen LogP contribution in [0.15, 0.2) is 30.5 Å². The van der Waals surface area contributed by atoms with Crippen molar-refractivity contribution in [2.45, 2.75) is 20.8 Å². The molecule has 0 aliphatic carbocycles. The number of benzene rings is 1. The topological polar surface area (TPSA) is 90.6 Å². The van der Waals surface area contributed by atoms with Gasteiger partial charge in [-0.1, -0.05) is 0 Å². The van der Waals surface area contributed by atoms with E-state index in [0.29, 0.717) is 36.2 Å². The summed E-state index contributed by atoms with van der Waals surface area (Å²) in [6.07, 6.45) is 1.62. The number of nitrogens with zero attached hydrogens (tertiary/aromatic N) is 4. The fraction of sp³-hybridized carbons (Fsp3) is 0.294. The van der Waals surface area contributed by atoms with Crippen LogP contribution in [0.5, 0.6) is 11.5 Å². The number of rotatable bonds is 6. The highest BCUT2D eigenvalue weighted by molar-refractivity contribution is 6.02. The number of nitrogens with one attached hydrogen (secondary N) is 1. The van der Waals surface area contributed by atoms with Crippen molar-refractivity contribution in [3.05, 3.63) is 42.0 Å². The van der Waals surface area contributed by atoms with Crippen LogP contribution in [0.2, 0.25) is 0 Å². The minimum Gasteiger partial charge on any atom is -0.494 e. The van der Waals surface area contributed by atoms with E-state index in [-0.39, 0.29) is 5.82 Å². The van der Waals surface area contributed by atoms with E-state index in [2.05, 4.69) is 20.4 Å². The molecule has 130 valence electrons. The monoisotopic (exact) mass is 341 g/mol. The van der Waals surface area contributed by atoms with Crippen LogP contribution in [0, 0.1) is 6.92 Å². The molecule has 0 saturated carbocycles. The molecule has 0 aliphatic heterocycles. The molecule has 3 rings (SSSR count).